The van der Waals surface area contributed by atoms with E-state index in [1.807, 2.05) is 0 Å². The first-order chi connectivity index (χ1) is 14.2. The smallest absolute Gasteiger partial charge is 0.659 e. The number of nitrogen functional groups attached to an aromatic ring is 1. The number of imidazole rings is 1. The topological polar surface area (TPSA) is 279 Å². The van der Waals surface area contributed by atoms with Crippen LogP contribution in [0.1, 0.15) is 6.23 Å². The van der Waals surface area contributed by atoms with E-state index in [4.69, 9.17) is 15.4 Å². The molecule has 2 aromatic heterocycles. The number of aliphatic hydroxyl groups excluding tert-OH is 2. The number of rotatable bonds is 8. The van der Waals surface area contributed by atoms with Gasteiger partial charge in [0, 0.05) is 0 Å². The summed E-state index contributed by atoms with van der Waals surface area (Å²) in [7, 11) is -15.9. The normalized spacial score (nSPS) is 27.6. The third-order valence-corrected chi connectivity index (χ3v) is 9.17. The Labute approximate surface area is 201 Å². The molecule has 6 atom stereocenters. The molecule has 32 heavy (non-hydrogen) atoms. The fourth-order valence-corrected chi connectivity index (χ4v) is 7.05. The molecule has 21 heteroatoms. The second-order valence-corrected chi connectivity index (χ2v) is 11.9. The molecule has 3 heterocycles. The van der Waals surface area contributed by atoms with Crippen LogP contribution in [0, 0.1) is 0 Å². The molecule has 0 spiro atoms. The second kappa shape index (κ2) is 10.2. The minimum Gasteiger partial charge on any atom is -0.659 e. The predicted molar refractivity (Wildman–Crippen MR) is 96.4 cm³/mol. The van der Waals surface area contributed by atoms with Crippen LogP contribution in [0.5, 0.6) is 0 Å². The van der Waals surface area contributed by atoms with E-state index in [0.29, 0.717) is 0 Å². The molecule has 1 aliphatic heterocycles. The van der Waals surface area contributed by atoms with Gasteiger partial charge >= 0.3 is 45.0 Å². The molecule has 0 amide bonds. The van der Waals surface area contributed by atoms with E-state index in [9.17, 15) is 38.9 Å². The van der Waals surface area contributed by atoms with Gasteiger partial charge in [0.2, 0.25) is 0 Å². The molecule has 174 valence electrons. The number of hydrogen-bond acceptors (Lipinski definition) is 14. The van der Waals surface area contributed by atoms with Crippen molar-refractivity contribution < 1.29 is 86.9 Å². The van der Waals surface area contributed by atoms with Crippen LogP contribution in [0.15, 0.2) is 12.7 Å². The SMILES string of the molecule is Nc1ncnc2c1ncn2[C@@H]1O[C@H](COP(=O)(O)OP(=O)(O)C[P+]([O-])([O-])O)[C@@H](O)[C@H]1O.[Na+]. The van der Waals surface area contributed by atoms with Crippen LogP contribution in [0.3, 0.4) is 0 Å². The number of anilines is 1. The zero-order valence-corrected chi connectivity index (χ0v) is 20.9. The van der Waals surface area contributed by atoms with Gasteiger partial charge in [-0.05, 0) is 0 Å². The average Bonchev–Trinajstić information content (AvgIpc) is 3.13. The van der Waals surface area contributed by atoms with E-state index in [1.165, 1.54) is 10.9 Å². The maximum Gasteiger partial charge on any atom is 1.00 e. The minimum absolute atomic E-state index is 0. The number of aliphatic hydroxyl groups is 2. The van der Waals surface area contributed by atoms with Crippen molar-refractivity contribution in [3.8, 4) is 0 Å². The molecule has 1 fully saturated rings. The number of fused-ring (bicyclic) bond motifs is 1. The Balaban J connectivity index is 0.00000363. The molecule has 7 N–H and O–H groups in total. The van der Waals surface area contributed by atoms with Gasteiger partial charge in [-0.3, -0.25) is 18.5 Å². The summed E-state index contributed by atoms with van der Waals surface area (Å²) < 4.78 is 38.4. The van der Waals surface area contributed by atoms with Crippen LogP contribution in [0.25, 0.3) is 11.2 Å². The number of phosphoric ester groups is 1. The fraction of sp³-hybridized carbons (Fsp3) is 0.545. The van der Waals surface area contributed by atoms with E-state index in [1.54, 1.807) is 0 Å². The van der Waals surface area contributed by atoms with Crippen LogP contribution in [-0.2, 0) is 22.7 Å². The first-order valence-electron chi connectivity index (χ1n) is 8.17. The molecule has 0 saturated carbocycles. The standard InChI is InChI=1S/C11H18N5O12P3.Na/c12-9-6-10(14-2-13-9)16(3-15-6)11-8(18)7(17)5(27-11)1-26-31(24,25)28-30(22,23)4-29(19,20)21;/h2-3,5,7-8,11,17-18H,1,4H2,(H,22,23)(H,24,25)(H2,12,13,14)(H2,19,20,21);/q;+1/p-1/t5-,7-,8-,11-;/m1./s1. The van der Waals surface area contributed by atoms with Gasteiger partial charge in [-0.25, -0.2) is 23.8 Å². The Kier molecular flexibility index (Phi) is 8.97. The van der Waals surface area contributed by atoms with Gasteiger partial charge in [-0.1, -0.05) is 0 Å². The molecule has 0 radical (unpaired) electrons. The van der Waals surface area contributed by atoms with E-state index in [-0.39, 0.29) is 46.5 Å². The van der Waals surface area contributed by atoms with E-state index < -0.39 is 60.4 Å². The van der Waals surface area contributed by atoms with Gasteiger partial charge in [-0.15, -0.1) is 0 Å². The first kappa shape index (κ1) is 28.1. The van der Waals surface area contributed by atoms with Gasteiger partial charge in [0.15, 0.2) is 23.6 Å². The number of nitrogens with zero attached hydrogens (tertiary/aromatic N) is 4. The molecule has 1 aliphatic rings. The van der Waals surface area contributed by atoms with Crippen molar-refractivity contribution >= 4 is 40.3 Å². The Hall–Kier alpha value is -0.160. The molecule has 0 aliphatic carbocycles. The van der Waals surface area contributed by atoms with Gasteiger partial charge in [0.05, 0.1) is 20.9 Å². The first-order valence-corrected chi connectivity index (χ1v) is 13.2. The monoisotopic (exact) mass is 527 g/mol. The summed E-state index contributed by atoms with van der Waals surface area (Å²) in [5, 5.41) is 20.4. The van der Waals surface area contributed by atoms with Crippen LogP contribution < -0.4 is 45.1 Å². The van der Waals surface area contributed by atoms with Crippen molar-refractivity contribution in [3.05, 3.63) is 12.7 Å². The largest absolute Gasteiger partial charge is 1.00 e. The third-order valence-electron chi connectivity index (χ3n) is 3.99. The second-order valence-electron chi connectivity index (χ2n) is 6.39. The number of ether oxygens (including phenoxy) is 1. The molecule has 2 unspecified atom stereocenters. The van der Waals surface area contributed by atoms with Crippen LogP contribution in [0.4, 0.5) is 5.82 Å². The van der Waals surface area contributed by atoms with Crippen molar-refractivity contribution in [1.82, 2.24) is 19.5 Å². The van der Waals surface area contributed by atoms with Crippen molar-refractivity contribution in [2.45, 2.75) is 24.5 Å². The molecule has 0 bridgehead atoms. The number of phosphoric acid groups is 1. The number of hydrogen-bond donors (Lipinski definition) is 6. The molecule has 2 aromatic rings. The molecule has 3 rings (SSSR count). The molecule has 1 saturated heterocycles. The van der Waals surface area contributed by atoms with Crippen molar-refractivity contribution in [2.24, 2.45) is 0 Å². The van der Waals surface area contributed by atoms with Crippen LogP contribution in [-0.4, -0.2) is 75.2 Å². The Morgan fingerprint density at radius 1 is 1.22 bits per heavy atom. The Morgan fingerprint density at radius 2 is 1.88 bits per heavy atom. The Bertz CT molecular complexity index is 1050. The van der Waals surface area contributed by atoms with Crippen molar-refractivity contribution in [1.29, 1.82) is 0 Å². The predicted octanol–water partition coefficient (Wildman–Crippen LogP) is -6.22. The average molecular weight is 527 g/mol. The summed E-state index contributed by atoms with van der Waals surface area (Å²) in [6, 6.07) is 0. The van der Waals surface area contributed by atoms with Crippen LogP contribution >= 0.6 is 23.4 Å². The summed E-state index contributed by atoms with van der Waals surface area (Å²) in [5.41, 5.74) is 6.03. The van der Waals surface area contributed by atoms with E-state index in [2.05, 4.69) is 23.8 Å². The Morgan fingerprint density at radius 3 is 2.50 bits per heavy atom. The summed E-state index contributed by atoms with van der Waals surface area (Å²) in [4.78, 5) is 60.5. The quantitative estimate of drug-likeness (QED) is 0.138. The van der Waals surface area contributed by atoms with Gasteiger partial charge in [-0.2, -0.15) is 0 Å². The van der Waals surface area contributed by atoms with Gasteiger partial charge in [0.25, 0.3) is 0 Å². The molecule has 17 nitrogen and oxygen atoms in total. The molecular weight excluding hydrogens is 510 g/mol. The van der Waals surface area contributed by atoms with E-state index >= 15 is 0 Å². The zero-order chi connectivity index (χ0) is 23.2. The summed E-state index contributed by atoms with van der Waals surface area (Å²) in [6.45, 7) is -0.916. The van der Waals surface area contributed by atoms with Gasteiger partial charge in [0.1, 0.15) is 30.2 Å². The summed E-state index contributed by atoms with van der Waals surface area (Å²) in [5.74, 6) is -1.77. The van der Waals surface area contributed by atoms with Crippen molar-refractivity contribution in [3.63, 3.8) is 0 Å². The summed E-state index contributed by atoms with van der Waals surface area (Å²) >= 11 is 0. The van der Waals surface area contributed by atoms with Gasteiger partial charge < -0.3 is 40.3 Å². The van der Waals surface area contributed by atoms with Crippen LogP contribution in [0.2, 0.25) is 0 Å². The molecular formula is C11H17N5NaO12P3. The van der Waals surface area contributed by atoms with Crippen molar-refractivity contribution in [2.75, 3.05) is 18.2 Å². The summed E-state index contributed by atoms with van der Waals surface area (Å²) in [6.07, 6.45) is -3.59. The minimum atomic E-state index is -5.34. The third kappa shape index (κ3) is 6.71. The molecule has 0 aromatic carbocycles. The van der Waals surface area contributed by atoms with E-state index in [0.717, 1.165) is 6.33 Å². The maximum absolute atomic E-state index is 11.8. The zero-order valence-electron chi connectivity index (χ0n) is 16.2. The number of aromatic nitrogens is 4. The fourth-order valence-electron chi connectivity index (χ4n) is 2.76. The maximum atomic E-state index is 11.8. The number of nitrogens with two attached hydrogens (primary N) is 1.